The molecule has 11 nitrogen and oxygen atoms in total. The van der Waals surface area contributed by atoms with Crippen molar-refractivity contribution in [1.29, 1.82) is 5.26 Å². The summed E-state index contributed by atoms with van der Waals surface area (Å²) in [6.07, 6.45) is 7.15. The van der Waals surface area contributed by atoms with Crippen LogP contribution >= 0.6 is 0 Å². The molecule has 1 aliphatic rings. The first kappa shape index (κ1) is 23.8. The van der Waals surface area contributed by atoms with Crippen LogP contribution in [0.4, 0.5) is 0 Å². The Bertz CT molecular complexity index is 1380. The van der Waals surface area contributed by atoms with E-state index in [1.54, 1.807) is 36.3 Å². The second-order valence-corrected chi connectivity index (χ2v) is 11.4. The summed E-state index contributed by atoms with van der Waals surface area (Å²) >= 11 is 0. The van der Waals surface area contributed by atoms with Gasteiger partial charge in [-0.15, -0.1) is 0 Å². The molecule has 34 heavy (non-hydrogen) atoms. The van der Waals surface area contributed by atoms with Crippen LogP contribution in [-0.2, 0) is 20.4 Å². The smallest absolute Gasteiger partial charge is 0.334 e. The van der Waals surface area contributed by atoms with Gasteiger partial charge in [0, 0.05) is 36.4 Å². The van der Waals surface area contributed by atoms with E-state index in [0.29, 0.717) is 28.7 Å². The Hall–Kier alpha value is -3.30. The maximum atomic E-state index is 12.5. The molecular weight excluding hydrogens is 458 g/mol. The maximum Gasteiger partial charge on any atom is 0.338 e. The molecule has 3 aromatic heterocycles. The van der Waals surface area contributed by atoms with E-state index in [4.69, 9.17) is 4.84 Å². The average Bonchev–Trinajstić information content (AvgIpc) is 3.43. The van der Waals surface area contributed by atoms with Crippen LogP contribution in [0.3, 0.4) is 0 Å². The minimum atomic E-state index is -3.33. The molecule has 0 spiro atoms. The minimum absolute atomic E-state index is 0.00983. The number of carbonyl (C=O) groups excluding carboxylic acids is 1. The van der Waals surface area contributed by atoms with Crippen LogP contribution < -0.4 is 4.84 Å². The highest BCUT2D eigenvalue weighted by atomic mass is 32.2. The van der Waals surface area contributed by atoms with Gasteiger partial charge in [-0.3, -0.25) is 4.68 Å². The van der Waals surface area contributed by atoms with Crippen molar-refractivity contribution < 1.29 is 18.0 Å². The number of aromatic nitrogens is 5. The summed E-state index contributed by atoms with van der Waals surface area (Å²) in [5, 5.41) is 14.5. The van der Waals surface area contributed by atoms with Gasteiger partial charge in [0.15, 0.2) is 5.65 Å². The minimum Gasteiger partial charge on any atom is -0.334 e. The number of sulfonamides is 1. The lowest BCUT2D eigenvalue weighted by Gasteiger charge is -2.47. The molecular formula is C22H27N7O4S. The molecule has 0 aliphatic carbocycles. The topological polar surface area (TPSA) is 136 Å². The zero-order valence-corrected chi connectivity index (χ0v) is 20.4. The molecule has 0 aromatic carbocycles. The van der Waals surface area contributed by atoms with Gasteiger partial charge in [0.25, 0.3) is 0 Å². The fraction of sp³-hybridized carbons (Fsp3) is 0.500. The lowest BCUT2D eigenvalue weighted by Crippen LogP contribution is -2.64. The Kier molecular flexibility index (Phi) is 5.95. The maximum absolute atomic E-state index is 12.5. The van der Waals surface area contributed by atoms with Crippen LogP contribution in [0.15, 0.2) is 31.0 Å². The molecule has 4 heterocycles. The van der Waals surface area contributed by atoms with Gasteiger partial charge in [0.2, 0.25) is 10.0 Å². The van der Waals surface area contributed by atoms with E-state index in [9.17, 15) is 18.5 Å². The molecule has 0 atom stereocenters. The third kappa shape index (κ3) is 3.95. The summed E-state index contributed by atoms with van der Waals surface area (Å²) in [5.41, 5.74) is 0.345. The van der Waals surface area contributed by atoms with Crippen molar-refractivity contribution in [3.05, 3.63) is 31.0 Å². The van der Waals surface area contributed by atoms with Gasteiger partial charge >= 0.3 is 5.97 Å². The molecule has 1 saturated heterocycles. The third-order valence-electron chi connectivity index (χ3n) is 6.52. The summed E-state index contributed by atoms with van der Waals surface area (Å²) in [6, 6.07) is 3.92. The Balaban J connectivity index is 1.65. The van der Waals surface area contributed by atoms with E-state index in [1.807, 2.05) is 20.8 Å². The molecule has 1 aliphatic heterocycles. The summed E-state index contributed by atoms with van der Waals surface area (Å²) in [7, 11) is -3.33. The summed E-state index contributed by atoms with van der Waals surface area (Å²) in [6.45, 7) is 7.54. The Labute approximate surface area is 198 Å². The second-order valence-electron chi connectivity index (χ2n) is 9.12. The van der Waals surface area contributed by atoms with Crippen molar-refractivity contribution in [3.63, 3.8) is 0 Å². The van der Waals surface area contributed by atoms with Crippen molar-refractivity contribution >= 4 is 27.0 Å². The highest BCUT2D eigenvalue weighted by molar-refractivity contribution is 7.89. The van der Waals surface area contributed by atoms with E-state index in [-0.39, 0.29) is 31.2 Å². The molecule has 0 saturated carbocycles. The van der Waals surface area contributed by atoms with Crippen molar-refractivity contribution in [2.45, 2.75) is 46.1 Å². The molecule has 0 radical (unpaired) electrons. The Morgan fingerprint density at radius 2 is 2.03 bits per heavy atom. The predicted molar refractivity (Wildman–Crippen MR) is 124 cm³/mol. The van der Waals surface area contributed by atoms with E-state index < -0.39 is 21.0 Å². The van der Waals surface area contributed by atoms with Crippen molar-refractivity contribution in [3.8, 4) is 17.3 Å². The average molecular weight is 486 g/mol. The van der Waals surface area contributed by atoms with Gasteiger partial charge in [-0.2, -0.15) is 19.4 Å². The molecule has 0 amide bonds. The fourth-order valence-corrected chi connectivity index (χ4v) is 5.01. The first-order chi connectivity index (χ1) is 16.1. The molecule has 3 aromatic rings. The normalized spacial score (nSPS) is 16.2. The first-order valence-electron chi connectivity index (χ1n) is 11.0. The van der Waals surface area contributed by atoms with Crippen molar-refractivity contribution in [2.75, 3.05) is 18.8 Å². The number of nitrogens with zero attached hydrogens (tertiary/aromatic N) is 7. The van der Waals surface area contributed by atoms with Crippen LogP contribution in [0.1, 0.15) is 40.5 Å². The largest absolute Gasteiger partial charge is 0.338 e. The van der Waals surface area contributed by atoms with E-state index in [1.165, 1.54) is 15.4 Å². The number of hydrogen-bond acceptors (Lipinski definition) is 8. The van der Waals surface area contributed by atoms with Gasteiger partial charge in [-0.1, -0.05) is 6.92 Å². The zero-order valence-electron chi connectivity index (χ0n) is 19.6. The van der Waals surface area contributed by atoms with Crippen LogP contribution in [0.2, 0.25) is 0 Å². The molecule has 0 N–H and O–H groups in total. The van der Waals surface area contributed by atoms with Crippen LogP contribution in [-0.4, -0.2) is 62.0 Å². The van der Waals surface area contributed by atoms with Crippen molar-refractivity contribution in [2.24, 2.45) is 5.41 Å². The zero-order chi connectivity index (χ0) is 24.7. The number of carbonyl (C=O) groups is 1. The molecule has 0 bridgehead atoms. The van der Waals surface area contributed by atoms with E-state index >= 15 is 0 Å². The number of rotatable bonds is 8. The SMILES string of the molecule is CCC(C)(C)C(=O)On1ccc2c(-c3cnn(C4(CC#N)CN(S(=O)(=O)CC)C4)c3)ncnc21. The highest BCUT2D eigenvalue weighted by Gasteiger charge is 2.49. The first-order valence-corrected chi connectivity index (χ1v) is 12.6. The van der Waals surface area contributed by atoms with Crippen LogP contribution in [0.25, 0.3) is 22.3 Å². The van der Waals surface area contributed by atoms with Gasteiger partial charge in [-0.25, -0.2) is 23.2 Å². The number of fused-ring (bicyclic) bond motifs is 1. The molecule has 180 valence electrons. The van der Waals surface area contributed by atoms with Crippen molar-refractivity contribution in [1.82, 2.24) is 28.8 Å². The highest BCUT2D eigenvalue weighted by Crippen LogP contribution is 2.36. The molecule has 4 rings (SSSR count). The van der Waals surface area contributed by atoms with Gasteiger partial charge < -0.3 is 4.84 Å². The number of nitriles is 1. The van der Waals surface area contributed by atoms with Crippen LogP contribution in [0, 0.1) is 16.7 Å². The predicted octanol–water partition coefficient (Wildman–Crippen LogP) is 1.96. The van der Waals surface area contributed by atoms with E-state index in [0.717, 1.165) is 0 Å². The standard InChI is InChI=1S/C22H27N7O4S/c1-5-21(3,4)20(30)33-28-10-7-17-18(24-15-25-19(17)28)16-11-26-29(12-16)22(8-9-23)13-27(14-22)34(31,32)6-2/h7,10-12,15H,5-6,8,13-14H2,1-4H3. The van der Waals surface area contributed by atoms with Crippen LogP contribution in [0.5, 0.6) is 0 Å². The number of hydrogen-bond donors (Lipinski definition) is 0. The Morgan fingerprint density at radius 1 is 1.29 bits per heavy atom. The monoisotopic (exact) mass is 485 g/mol. The van der Waals surface area contributed by atoms with E-state index in [2.05, 4.69) is 21.1 Å². The second kappa shape index (κ2) is 8.48. The quantitative estimate of drug-likeness (QED) is 0.472. The third-order valence-corrected chi connectivity index (χ3v) is 8.29. The Morgan fingerprint density at radius 3 is 2.68 bits per heavy atom. The molecule has 12 heteroatoms. The molecule has 1 fully saturated rings. The summed E-state index contributed by atoms with van der Waals surface area (Å²) in [4.78, 5) is 26.8. The van der Waals surface area contributed by atoms with Gasteiger partial charge in [0.1, 0.15) is 11.9 Å². The lowest BCUT2D eigenvalue weighted by atomic mass is 9.89. The summed E-state index contributed by atoms with van der Waals surface area (Å²) < 4.78 is 28.8. The van der Waals surface area contributed by atoms with Gasteiger partial charge in [-0.05, 0) is 33.3 Å². The van der Waals surface area contributed by atoms with Gasteiger partial charge in [0.05, 0.1) is 35.5 Å². The lowest BCUT2D eigenvalue weighted by molar-refractivity contribution is -0.154. The fourth-order valence-electron chi connectivity index (χ4n) is 3.77. The summed E-state index contributed by atoms with van der Waals surface area (Å²) in [5.74, 6) is -0.355. The molecule has 0 unspecified atom stereocenters.